The van der Waals surface area contributed by atoms with Gasteiger partial charge in [-0.2, -0.15) is 5.10 Å². The number of aromatic hydroxyl groups is 1. The topological polar surface area (TPSA) is 58.6 Å². The van der Waals surface area contributed by atoms with Crippen LogP contribution in [0.25, 0.3) is 0 Å². The first-order chi connectivity index (χ1) is 5.25. The molecule has 3 N–H and O–H groups in total. The van der Waals surface area contributed by atoms with E-state index in [9.17, 15) is 5.11 Å². The van der Waals surface area contributed by atoms with E-state index in [0.717, 1.165) is 0 Å². The highest BCUT2D eigenvalue weighted by molar-refractivity contribution is 6.00. The van der Waals surface area contributed by atoms with Crippen molar-refractivity contribution in [1.29, 1.82) is 0 Å². The van der Waals surface area contributed by atoms with Crippen molar-refractivity contribution in [3.8, 4) is 5.75 Å². The number of para-hydroxylation sites is 1. The lowest BCUT2D eigenvalue weighted by molar-refractivity contribution is 0.474. The lowest BCUT2D eigenvalue weighted by Crippen LogP contribution is -1.98. The molecule has 0 spiro atoms. The summed E-state index contributed by atoms with van der Waals surface area (Å²) in [7, 11) is 0. The number of phenols is 1. The molecule has 0 aliphatic heterocycles. The Morgan fingerprint density at radius 2 is 2.09 bits per heavy atom. The molecule has 0 unspecified atom stereocenters. The van der Waals surface area contributed by atoms with E-state index >= 15 is 0 Å². The van der Waals surface area contributed by atoms with Crippen LogP contribution in [0.4, 0.5) is 0 Å². The number of hydrazone groups is 1. The minimum atomic E-state index is 0.208. The first-order valence-electron chi connectivity index (χ1n) is 3.28. The van der Waals surface area contributed by atoms with E-state index in [2.05, 4.69) is 5.10 Å². The third-order valence-corrected chi connectivity index (χ3v) is 1.49. The number of phenolic OH excluding ortho intramolecular Hbond substituents is 1. The Morgan fingerprint density at radius 1 is 1.45 bits per heavy atom. The van der Waals surface area contributed by atoms with Gasteiger partial charge in [0.1, 0.15) is 5.75 Å². The van der Waals surface area contributed by atoms with Crippen molar-refractivity contribution in [3.63, 3.8) is 0 Å². The highest BCUT2D eigenvalue weighted by atomic mass is 16.3. The second kappa shape index (κ2) is 3.05. The molecule has 0 radical (unpaired) electrons. The van der Waals surface area contributed by atoms with Gasteiger partial charge in [-0.25, -0.2) is 0 Å². The molecule has 3 heteroatoms. The molecule has 0 aliphatic carbocycles. The average Bonchev–Trinajstić information content (AvgIpc) is 2.04. The average molecular weight is 150 g/mol. The summed E-state index contributed by atoms with van der Waals surface area (Å²) < 4.78 is 0. The lowest BCUT2D eigenvalue weighted by Gasteiger charge is -2.00. The zero-order valence-electron chi connectivity index (χ0n) is 6.28. The molecule has 1 aromatic rings. The van der Waals surface area contributed by atoms with E-state index in [1.807, 2.05) is 6.07 Å². The normalized spacial score (nSPS) is 11.5. The molecule has 0 heterocycles. The third-order valence-electron chi connectivity index (χ3n) is 1.49. The second-order valence-corrected chi connectivity index (χ2v) is 2.23. The monoisotopic (exact) mass is 150 g/mol. The zero-order chi connectivity index (χ0) is 8.27. The summed E-state index contributed by atoms with van der Waals surface area (Å²) in [5.74, 6) is 5.26. The summed E-state index contributed by atoms with van der Waals surface area (Å²) in [5, 5.41) is 12.8. The molecule has 0 saturated heterocycles. The second-order valence-electron chi connectivity index (χ2n) is 2.23. The maximum atomic E-state index is 9.28. The molecule has 0 fully saturated rings. The van der Waals surface area contributed by atoms with Gasteiger partial charge in [0, 0.05) is 5.56 Å². The van der Waals surface area contributed by atoms with Crippen LogP contribution in [0, 0.1) is 0 Å². The maximum absolute atomic E-state index is 9.28. The third kappa shape index (κ3) is 1.49. The van der Waals surface area contributed by atoms with Crippen LogP contribution >= 0.6 is 0 Å². The van der Waals surface area contributed by atoms with Crippen LogP contribution in [-0.2, 0) is 0 Å². The van der Waals surface area contributed by atoms with E-state index in [0.29, 0.717) is 11.3 Å². The summed E-state index contributed by atoms with van der Waals surface area (Å²) >= 11 is 0. The van der Waals surface area contributed by atoms with Gasteiger partial charge in [0.05, 0.1) is 5.71 Å². The van der Waals surface area contributed by atoms with Gasteiger partial charge in [0.25, 0.3) is 0 Å². The standard InChI is InChI=1S/C8H10N2O/c1-6(10-9)7-4-2-3-5-8(7)11/h2-5,11H,9H2,1H3/b10-6-. The fourth-order valence-electron chi connectivity index (χ4n) is 0.849. The van der Waals surface area contributed by atoms with Gasteiger partial charge in [-0.1, -0.05) is 12.1 Å². The van der Waals surface area contributed by atoms with Crippen LogP contribution in [0.2, 0.25) is 0 Å². The van der Waals surface area contributed by atoms with E-state index < -0.39 is 0 Å². The van der Waals surface area contributed by atoms with Crippen LogP contribution in [0.3, 0.4) is 0 Å². The highest BCUT2D eigenvalue weighted by Crippen LogP contribution is 2.15. The van der Waals surface area contributed by atoms with Crippen molar-refractivity contribution in [2.45, 2.75) is 6.92 Å². The summed E-state index contributed by atoms with van der Waals surface area (Å²) in [6.45, 7) is 1.75. The van der Waals surface area contributed by atoms with Gasteiger partial charge >= 0.3 is 0 Å². The number of hydrogen-bond donors (Lipinski definition) is 2. The summed E-state index contributed by atoms with van der Waals surface area (Å²) in [5.41, 5.74) is 1.30. The number of nitrogens with two attached hydrogens (primary N) is 1. The molecule has 58 valence electrons. The van der Waals surface area contributed by atoms with E-state index in [1.54, 1.807) is 25.1 Å². The molecule has 0 amide bonds. The van der Waals surface area contributed by atoms with Gasteiger partial charge in [-0.15, -0.1) is 0 Å². The van der Waals surface area contributed by atoms with Crippen molar-refractivity contribution in [1.82, 2.24) is 0 Å². The van der Waals surface area contributed by atoms with Crippen LogP contribution < -0.4 is 5.84 Å². The van der Waals surface area contributed by atoms with Crippen LogP contribution in [-0.4, -0.2) is 10.8 Å². The predicted octanol–water partition coefficient (Wildman–Crippen LogP) is 1.07. The number of hydrogen-bond acceptors (Lipinski definition) is 3. The van der Waals surface area contributed by atoms with Gasteiger partial charge in [0.2, 0.25) is 0 Å². The largest absolute Gasteiger partial charge is 0.507 e. The minimum Gasteiger partial charge on any atom is -0.507 e. The molecule has 0 bridgehead atoms. The summed E-state index contributed by atoms with van der Waals surface area (Å²) in [6, 6.07) is 6.94. The van der Waals surface area contributed by atoms with E-state index in [1.165, 1.54) is 0 Å². The molecule has 1 rings (SSSR count). The number of rotatable bonds is 1. The Balaban J connectivity index is 3.14. The molecule has 0 atom stereocenters. The van der Waals surface area contributed by atoms with E-state index in [-0.39, 0.29) is 5.75 Å². The van der Waals surface area contributed by atoms with Crippen LogP contribution in [0.5, 0.6) is 5.75 Å². The van der Waals surface area contributed by atoms with Gasteiger partial charge in [-0.3, -0.25) is 0 Å². The predicted molar refractivity (Wildman–Crippen MR) is 44.5 cm³/mol. The van der Waals surface area contributed by atoms with Gasteiger partial charge in [-0.05, 0) is 19.1 Å². The quantitative estimate of drug-likeness (QED) is 0.357. The molecule has 0 aliphatic rings. The Bertz CT molecular complexity index is 281. The smallest absolute Gasteiger partial charge is 0.124 e. The molecule has 0 aromatic heterocycles. The number of nitrogens with zero attached hydrogens (tertiary/aromatic N) is 1. The Morgan fingerprint density at radius 3 is 2.64 bits per heavy atom. The minimum absolute atomic E-state index is 0.208. The summed E-state index contributed by atoms with van der Waals surface area (Å²) in [4.78, 5) is 0. The van der Waals surface area contributed by atoms with Crippen molar-refractivity contribution in [3.05, 3.63) is 29.8 Å². The lowest BCUT2D eigenvalue weighted by atomic mass is 10.1. The highest BCUT2D eigenvalue weighted by Gasteiger charge is 2.00. The first kappa shape index (κ1) is 7.60. The van der Waals surface area contributed by atoms with Crippen LogP contribution in [0.1, 0.15) is 12.5 Å². The Labute approximate surface area is 65.2 Å². The van der Waals surface area contributed by atoms with Crippen molar-refractivity contribution < 1.29 is 5.11 Å². The van der Waals surface area contributed by atoms with Gasteiger partial charge < -0.3 is 10.9 Å². The maximum Gasteiger partial charge on any atom is 0.124 e. The van der Waals surface area contributed by atoms with Crippen molar-refractivity contribution >= 4 is 5.71 Å². The molecule has 11 heavy (non-hydrogen) atoms. The van der Waals surface area contributed by atoms with Crippen LogP contribution in [0.15, 0.2) is 29.4 Å². The zero-order valence-corrected chi connectivity index (χ0v) is 6.28. The first-order valence-corrected chi connectivity index (χ1v) is 3.28. The van der Waals surface area contributed by atoms with Crippen molar-refractivity contribution in [2.24, 2.45) is 10.9 Å². The van der Waals surface area contributed by atoms with Gasteiger partial charge in [0.15, 0.2) is 0 Å². The summed E-state index contributed by atoms with van der Waals surface area (Å²) in [6.07, 6.45) is 0. The molecular formula is C8H10N2O. The molecular weight excluding hydrogens is 140 g/mol. The molecule has 1 aromatic carbocycles. The number of benzene rings is 1. The fraction of sp³-hybridized carbons (Fsp3) is 0.125. The SMILES string of the molecule is C/C(=N/N)c1ccccc1O. The Kier molecular flexibility index (Phi) is 2.11. The molecule has 3 nitrogen and oxygen atoms in total. The van der Waals surface area contributed by atoms with Crippen molar-refractivity contribution in [2.75, 3.05) is 0 Å². The molecule has 0 saturated carbocycles. The Hall–Kier alpha value is -1.51. The fourth-order valence-corrected chi connectivity index (χ4v) is 0.849. The van der Waals surface area contributed by atoms with E-state index in [4.69, 9.17) is 5.84 Å².